The maximum absolute atomic E-state index is 6.76. The molecule has 0 heterocycles. The predicted molar refractivity (Wildman–Crippen MR) is 142 cm³/mol. The minimum absolute atomic E-state index is 0.0351. The zero-order chi connectivity index (χ0) is 21.8. The van der Waals surface area contributed by atoms with E-state index >= 15 is 0 Å². The summed E-state index contributed by atoms with van der Waals surface area (Å²) in [6.07, 6.45) is 9.92. The van der Waals surface area contributed by atoms with Gasteiger partial charge in [0, 0.05) is 0 Å². The van der Waals surface area contributed by atoms with Gasteiger partial charge in [0.25, 0.3) is 0 Å². The van der Waals surface area contributed by atoms with Crippen LogP contribution in [0.25, 0.3) is 5.57 Å². The largest absolute Gasteiger partial charge is 0.412 e. The van der Waals surface area contributed by atoms with Crippen LogP contribution in [-0.2, 0) is 10.8 Å². The first-order chi connectivity index (χ1) is 13.8. The van der Waals surface area contributed by atoms with Crippen LogP contribution in [0, 0.1) is 0 Å². The van der Waals surface area contributed by atoms with Crippen LogP contribution >= 0.6 is 22.6 Å². The van der Waals surface area contributed by atoms with E-state index in [0.717, 1.165) is 0 Å². The van der Waals surface area contributed by atoms with E-state index in [2.05, 4.69) is 92.5 Å². The first-order valence-electron chi connectivity index (χ1n) is 11.9. The number of allylic oxidation sites excluding steroid dienone is 1. The monoisotopic (exact) mass is 528 g/mol. The molecule has 166 valence electrons. The summed E-state index contributed by atoms with van der Waals surface area (Å²) >= 11 is 2.40. The zero-order valence-electron chi connectivity index (χ0n) is 20.0. The van der Waals surface area contributed by atoms with Gasteiger partial charge in [-0.2, -0.15) is 0 Å². The lowest BCUT2D eigenvalue weighted by molar-refractivity contribution is 0.0828. The molecule has 29 heavy (non-hydrogen) atoms. The van der Waals surface area contributed by atoms with E-state index in [0.29, 0.717) is 0 Å². The third-order valence-electron chi connectivity index (χ3n) is 6.40. The highest BCUT2D eigenvalue weighted by Crippen LogP contribution is 2.31. The Morgan fingerprint density at radius 3 is 2.28 bits per heavy atom. The van der Waals surface area contributed by atoms with E-state index in [1.165, 1.54) is 86.2 Å². The molecule has 0 aliphatic heterocycles. The number of hydrogen-bond donors (Lipinski definition) is 0. The Morgan fingerprint density at radius 2 is 1.69 bits per heavy atom. The normalized spacial score (nSPS) is 13.1. The van der Waals surface area contributed by atoms with E-state index in [1.807, 2.05) is 0 Å². The van der Waals surface area contributed by atoms with Gasteiger partial charge in [0.15, 0.2) is 8.32 Å². The zero-order valence-corrected chi connectivity index (χ0v) is 23.1. The van der Waals surface area contributed by atoms with Crippen molar-refractivity contribution in [3.05, 3.63) is 39.5 Å². The number of halogens is 1. The SMILES string of the molecule is CCCC/C(=C\I)c1cccc(CCCCCC(C)(C)O[Si](CC)(CC)CC)c1. The van der Waals surface area contributed by atoms with E-state index in [1.54, 1.807) is 0 Å². The Kier molecular flexibility index (Phi) is 13.0. The maximum atomic E-state index is 6.76. The molecule has 0 N–H and O–H groups in total. The van der Waals surface area contributed by atoms with Crippen molar-refractivity contribution >= 4 is 36.5 Å². The molecule has 1 nitrogen and oxygen atoms in total. The van der Waals surface area contributed by atoms with Crippen LogP contribution in [0.5, 0.6) is 0 Å². The highest BCUT2D eigenvalue weighted by molar-refractivity contribution is 14.1. The summed E-state index contributed by atoms with van der Waals surface area (Å²) in [4.78, 5) is 0. The fraction of sp³-hybridized carbons (Fsp3) is 0.692. The van der Waals surface area contributed by atoms with Crippen molar-refractivity contribution in [1.82, 2.24) is 0 Å². The van der Waals surface area contributed by atoms with Crippen LogP contribution in [0.15, 0.2) is 28.3 Å². The fourth-order valence-electron chi connectivity index (χ4n) is 4.22. The summed E-state index contributed by atoms with van der Waals surface area (Å²) in [5.74, 6) is 0. The Bertz CT molecular complexity index is 596. The summed E-state index contributed by atoms with van der Waals surface area (Å²) in [5.41, 5.74) is 4.43. The van der Waals surface area contributed by atoms with Crippen LogP contribution in [0.2, 0.25) is 18.1 Å². The molecule has 3 heteroatoms. The van der Waals surface area contributed by atoms with Gasteiger partial charge in [-0.05, 0) is 84.9 Å². The second-order valence-corrected chi connectivity index (χ2v) is 14.4. The smallest absolute Gasteiger partial charge is 0.192 e. The molecule has 0 atom stereocenters. The first kappa shape index (κ1) is 26.9. The Balaban J connectivity index is 2.47. The lowest BCUT2D eigenvalue weighted by Crippen LogP contribution is -2.44. The van der Waals surface area contributed by atoms with Crippen molar-refractivity contribution in [2.75, 3.05) is 0 Å². The van der Waals surface area contributed by atoms with E-state index in [4.69, 9.17) is 4.43 Å². The van der Waals surface area contributed by atoms with Gasteiger partial charge in [0.2, 0.25) is 0 Å². The van der Waals surface area contributed by atoms with Gasteiger partial charge in [-0.15, -0.1) is 0 Å². The van der Waals surface area contributed by atoms with Gasteiger partial charge < -0.3 is 4.43 Å². The average molecular weight is 529 g/mol. The van der Waals surface area contributed by atoms with Crippen molar-refractivity contribution in [2.24, 2.45) is 0 Å². The predicted octanol–water partition coefficient (Wildman–Crippen LogP) is 9.56. The number of aryl methyl sites for hydroxylation is 1. The molecule has 0 bridgehead atoms. The maximum Gasteiger partial charge on any atom is 0.192 e. The standard InChI is InChI=1S/C26H45IOSi/c1-7-11-18-25(22-27)24-19-15-17-23(21-24)16-13-12-14-20-26(5,6)28-29(8-2,9-3)10-4/h15,17,19,21-22H,7-14,16,18,20H2,1-6H3/b25-22+. The fourth-order valence-corrected chi connectivity index (χ4v) is 8.09. The molecular weight excluding hydrogens is 483 g/mol. The topological polar surface area (TPSA) is 9.23 Å². The van der Waals surface area contributed by atoms with Gasteiger partial charge in [-0.25, -0.2) is 0 Å². The molecule has 0 spiro atoms. The summed E-state index contributed by atoms with van der Waals surface area (Å²) in [6.45, 7) is 13.9. The van der Waals surface area contributed by atoms with Crippen LogP contribution in [-0.4, -0.2) is 13.9 Å². The molecule has 1 aromatic carbocycles. The van der Waals surface area contributed by atoms with Crippen LogP contribution < -0.4 is 0 Å². The molecular formula is C26H45IOSi. The van der Waals surface area contributed by atoms with Gasteiger partial charge >= 0.3 is 0 Å². The molecule has 0 saturated heterocycles. The number of benzene rings is 1. The van der Waals surface area contributed by atoms with Gasteiger partial charge in [0.1, 0.15) is 0 Å². The molecule has 0 radical (unpaired) electrons. The summed E-state index contributed by atoms with van der Waals surface area (Å²) < 4.78 is 9.02. The Morgan fingerprint density at radius 1 is 1.00 bits per heavy atom. The summed E-state index contributed by atoms with van der Waals surface area (Å²) in [7, 11) is -1.51. The third-order valence-corrected chi connectivity index (χ3v) is 12.0. The molecule has 0 saturated carbocycles. The molecule has 0 aromatic heterocycles. The van der Waals surface area contributed by atoms with Crippen molar-refractivity contribution < 1.29 is 4.43 Å². The van der Waals surface area contributed by atoms with E-state index < -0.39 is 8.32 Å². The minimum Gasteiger partial charge on any atom is -0.412 e. The van der Waals surface area contributed by atoms with Gasteiger partial charge in [-0.1, -0.05) is 93.8 Å². The van der Waals surface area contributed by atoms with Crippen LogP contribution in [0.4, 0.5) is 0 Å². The van der Waals surface area contributed by atoms with E-state index in [9.17, 15) is 0 Å². The van der Waals surface area contributed by atoms with Crippen molar-refractivity contribution in [3.8, 4) is 0 Å². The highest BCUT2D eigenvalue weighted by atomic mass is 127. The second-order valence-electron chi connectivity index (χ2n) is 9.10. The quantitative estimate of drug-likeness (QED) is 0.125. The Labute approximate surface area is 196 Å². The van der Waals surface area contributed by atoms with Crippen LogP contribution in [0.1, 0.15) is 97.6 Å². The molecule has 0 aliphatic carbocycles. The summed E-state index contributed by atoms with van der Waals surface area (Å²) in [5, 5.41) is 0. The number of rotatable bonds is 15. The first-order valence-corrected chi connectivity index (χ1v) is 15.7. The number of hydrogen-bond acceptors (Lipinski definition) is 1. The lowest BCUT2D eigenvalue weighted by Gasteiger charge is -2.38. The number of unbranched alkanes of at least 4 members (excludes halogenated alkanes) is 3. The van der Waals surface area contributed by atoms with Gasteiger partial charge in [0.05, 0.1) is 5.60 Å². The third kappa shape index (κ3) is 9.69. The molecule has 0 aliphatic rings. The average Bonchev–Trinajstić information content (AvgIpc) is 2.72. The molecule has 1 rings (SSSR count). The van der Waals surface area contributed by atoms with Crippen molar-refractivity contribution in [3.63, 3.8) is 0 Å². The lowest BCUT2D eigenvalue weighted by atomic mass is 9.96. The minimum atomic E-state index is -1.51. The molecule has 0 fully saturated rings. The molecule has 0 unspecified atom stereocenters. The molecule has 1 aromatic rings. The van der Waals surface area contributed by atoms with E-state index in [-0.39, 0.29) is 5.60 Å². The molecule has 0 amide bonds. The van der Waals surface area contributed by atoms with Gasteiger partial charge in [-0.3, -0.25) is 0 Å². The van der Waals surface area contributed by atoms with Crippen molar-refractivity contribution in [2.45, 2.75) is 117 Å². The summed E-state index contributed by atoms with van der Waals surface area (Å²) in [6, 6.07) is 12.9. The van der Waals surface area contributed by atoms with Crippen molar-refractivity contribution in [1.29, 1.82) is 0 Å². The Hall–Kier alpha value is -0.133. The van der Waals surface area contributed by atoms with Crippen LogP contribution in [0.3, 0.4) is 0 Å². The highest BCUT2D eigenvalue weighted by Gasteiger charge is 2.35. The second kappa shape index (κ2) is 14.0.